The molecule has 0 unspecified atom stereocenters. The molecule has 15 heavy (non-hydrogen) atoms. The molecule has 0 spiro atoms. The van der Waals surface area contributed by atoms with Gasteiger partial charge in [0.1, 0.15) is 0 Å². The largest absolute Gasteiger partial charge is 0.748 e. The van der Waals surface area contributed by atoms with Crippen molar-refractivity contribution in [3.8, 4) is 0 Å². The summed E-state index contributed by atoms with van der Waals surface area (Å²) in [7, 11) is 1.76. The Balaban J connectivity index is 2.72. The highest BCUT2D eigenvalue weighted by Gasteiger charge is 2.46. The van der Waals surface area contributed by atoms with Crippen LogP contribution < -0.4 is 0 Å². The quantitative estimate of drug-likeness (QED) is 0.681. The van der Waals surface area contributed by atoms with E-state index in [9.17, 15) is 0 Å². The second kappa shape index (κ2) is 5.65. The minimum Gasteiger partial charge on any atom is -0.484 e. The highest BCUT2D eigenvalue weighted by molar-refractivity contribution is 6.53. The van der Waals surface area contributed by atoms with Crippen molar-refractivity contribution in [3.63, 3.8) is 0 Å². The van der Waals surface area contributed by atoms with Crippen LogP contribution in [-0.2, 0) is 17.7 Å². The van der Waals surface area contributed by atoms with Gasteiger partial charge in [-0.3, -0.25) is 0 Å². The van der Waals surface area contributed by atoms with E-state index < -0.39 is 9.05 Å². The monoisotopic (exact) mass is 232 g/mol. The van der Waals surface area contributed by atoms with Gasteiger partial charge in [0, 0.05) is 27.8 Å². The van der Waals surface area contributed by atoms with Crippen LogP contribution in [0.2, 0.25) is 0 Å². The molecule has 0 N–H and O–H groups in total. The maximum absolute atomic E-state index is 5.79. The van der Waals surface area contributed by atoms with E-state index in [1.54, 1.807) is 21.3 Å². The summed E-state index contributed by atoms with van der Waals surface area (Å²) in [5.74, 6) is 0.985. The lowest BCUT2D eigenvalue weighted by atomic mass is 9.99. The molecule has 1 aliphatic rings. The third kappa shape index (κ3) is 3.04. The number of hydrogen-bond donors (Lipinski definition) is 0. The second-order valence-electron chi connectivity index (χ2n) is 3.63. The summed E-state index contributed by atoms with van der Waals surface area (Å²) in [4.78, 5) is 0. The van der Waals surface area contributed by atoms with Crippen molar-refractivity contribution < 1.29 is 17.7 Å². The van der Waals surface area contributed by atoms with Crippen LogP contribution in [-0.4, -0.2) is 30.4 Å². The van der Waals surface area contributed by atoms with E-state index in [0.29, 0.717) is 0 Å². The standard InChI is InChI=1S/C10H20O4Si/c1-9-7-5-6-8-10(9)14-15(11-2,12-3)13-4/h5-8H2,1-4H3. The Kier molecular flexibility index (Phi) is 4.78. The van der Waals surface area contributed by atoms with Crippen LogP contribution in [0.3, 0.4) is 0 Å². The molecule has 0 radical (unpaired) electrons. The molecule has 1 rings (SSSR count). The zero-order chi connectivity index (χ0) is 11.3. The summed E-state index contributed by atoms with van der Waals surface area (Å²) < 4.78 is 21.5. The summed E-state index contributed by atoms with van der Waals surface area (Å²) in [5, 5.41) is 0. The van der Waals surface area contributed by atoms with Crippen LogP contribution in [0, 0.1) is 0 Å². The van der Waals surface area contributed by atoms with Crippen molar-refractivity contribution in [1.82, 2.24) is 0 Å². The Morgan fingerprint density at radius 2 is 1.47 bits per heavy atom. The molecule has 88 valence electrons. The lowest BCUT2D eigenvalue weighted by Crippen LogP contribution is -2.46. The summed E-state index contributed by atoms with van der Waals surface area (Å²) in [6.07, 6.45) is 4.45. The Morgan fingerprint density at radius 3 is 1.93 bits per heavy atom. The van der Waals surface area contributed by atoms with E-state index in [0.717, 1.165) is 25.0 Å². The molecular formula is C10H20O4Si. The molecule has 1 aliphatic carbocycles. The molecule has 0 aromatic heterocycles. The minimum absolute atomic E-state index is 0.955. The van der Waals surface area contributed by atoms with Gasteiger partial charge in [0.15, 0.2) is 0 Å². The molecular weight excluding hydrogens is 212 g/mol. The van der Waals surface area contributed by atoms with E-state index in [1.165, 1.54) is 12.0 Å². The third-order valence-electron chi connectivity index (χ3n) is 2.68. The van der Waals surface area contributed by atoms with Gasteiger partial charge in [-0.25, -0.2) is 0 Å². The molecule has 0 saturated carbocycles. The van der Waals surface area contributed by atoms with Crippen molar-refractivity contribution in [1.29, 1.82) is 0 Å². The molecule has 0 atom stereocenters. The second-order valence-corrected chi connectivity index (χ2v) is 6.05. The summed E-state index contributed by atoms with van der Waals surface area (Å²) in [6, 6.07) is 0. The lowest BCUT2D eigenvalue weighted by molar-refractivity contribution is 0.0236. The fourth-order valence-electron chi connectivity index (χ4n) is 1.69. The van der Waals surface area contributed by atoms with Crippen LogP contribution in [0.15, 0.2) is 11.3 Å². The van der Waals surface area contributed by atoms with Crippen molar-refractivity contribution in [2.45, 2.75) is 32.6 Å². The topological polar surface area (TPSA) is 36.9 Å². The maximum Gasteiger partial charge on any atom is 0.748 e. The maximum atomic E-state index is 5.79. The Hall–Kier alpha value is -0.363. The highest BCUT2D eigenvalue weighted by Crippen LogP contribution is 2.28. The molecule has 0 amide bonds. The molecule has 0 aliphatic heterocycles. The minimum atomic E-state index is -2.90. The average Bonchev–Trinajstić information content (AvgIpc) is 2.29. The van der Waals surface area contributed by atoms with Gasteiger partial charge in [-0.2, -0.15) is 0 Å². The van der Waals surface area contributed by atoms with E-state index >= 15 is 0 Å². The van der Waals surface area contributed by atoms with Crippen molar-refractivity contribution in [2.24, 2.45) is 0 Å². The Morgan fingerprint density at radius 1 is 0.933 bits per heavy atom. The van der Waals surface area contributed by atoms with Crippen LogP contribution in [0.5, 0.6) is 0 Å². The van der Waals surface area contributed by atoms with Gasteiger partial charge in [-0.05, 0) is 31.8 Å². The lowest BCUT2D eigenvalue weighted by Gasteiger charge is -2.27. The molecule has 0 saturated heterocycles. The molecule has 5 heteroatoms. The van der Waals surface area contributed by atoms with E-state index in [4.69, 9.17) is 17.7 Å². The summed E-state index contributed by atoms with van der Waals surface area (Å²) in [6.45, 7) is 2.09. The molecule has 0 aromatic rings. The third-order valence-corrected chi connectivity index (χ3v) is 4.68. The first-order chi connectivity index (χ1) is 7.17. The molecule has 0 aromatic carbocycles. The zero-order valence-corrected chi connectivity index (χ0v) is 11.0. The summed E-state index contributed by atoms with van der Waals surface area (Å²) >= 11 is 0. The average molecular weight is 232 g/mol. The fraction of sp³-hybridized carbons (Fsp3) is 0.800. The van der Waals surface area contributed by atoms with Crippen molar-refractivity contribution in [3.05, 3.63) is 11.3 Å². The number of rotatable bonds is 5. The molecule has 0 bridgehead atoms. The van der Waals surface area contributed by atoms with Crippen molar-refractivity contribution in [2.75, 3.05) is 21.3 Å². The van der Waals surface area contributed by atoms with Crippen LogP contribution in [0.25, 0.3) is 0 Å². The zero-order valence-electron chi connectivity index (χ0n) is 9.96. The Labute approximate surface area is 92.7 Å². The first kappa shape index (κ1) is 12.7. The van der Waals surface area contributed by atoms with Gasteiger partial charge >= 0.3 is 9.05 Å². The SMILES string of the molecule is CO[Si](OC)(OC)OC1=C(C)CCCC1. The molecule has 0 fully saturated rings. The van der Waals surface area contributed by atoms with Crippen LogP contribution in [0.1, 0.15) is 32.6 Å². The Bertz CT molecular complexity index is 227. The normalized spacial score (nSPS) is 18.1. The van der Waals surface area contributed by atoms with Gasteiger partial charge in [-0.15, -0.1) is 0 Å². The number of allylic oxidation sites excluding steroid dienone is 2. The van der Waals surface area contributed by atoms with Gasteiger partial charge in [0.05, 0.1) is 5.76 Å². The number of hydrogen-bond acceptors (Lipinski definition) is 4. The summed E-state index contributed by atoms with van der Waals surface area (Å²) in [5.41, 5.74) is 1.28. The van der Waals surface area contributed by atoms with E-state index in [-0.39, 0.29) is 0 Å². The van der Waals surface area contributed by atoms with Gasteiger partial charge in [0.25, 0.3) is 0 Å². The smallest absolute Gasteiger partial charge is 0.484 e. The van der Waals surface area contributed by atoms with E-state index in [1.807, 2.05) is 0 Å². The van der Waals surface area contributed by atoms with Crippen LogP contribution in [0.4, 0.5) is 0 Å². The first-order valence-corrected chi connectivity index (χ1v) is 6.84. The predicted octanol–water partition coefficient (Wildman–Crippen LogP) is 2.23. The molecule has 0 heterocycles. The van der Waals surface area contributed by atoms with Gasteiger partial charge < -0.3 is 17.7 Å². The predicted molar refractivity (Wildman–Crippen MR) is 59.0 cm³/mol. The van der Waals surface area contributed by atoms with Gasteiger partial charge in [0.2, 0.25) is 0 Å². The molecule has 4 nitrogen and oxygen atoms in total. The van der Waals surface area contributed by atoms with Gasteiger partial charge in [-0.1, -0.05) is 0 Å². The fourth-order valence-corrected chi connectivity index (χ4v) is 3.02. The van der Waals surface area contributed by atoms with Crippen LogP contribution >= 0.6 is 0 Å². The van der Waals surface area contributed by atoms with Crippen molar-refractivity contribution >= 4 is 9.05 Å². The highest BCUT2D eigenvalue weighted by atomic mass is 28.4. The van der Waals surface area contributed by atoms with E-state index in [2.05, 4.69) is 6.92 Å². The first-order valence-electron chi connectivity index (χ1n) is 5.20.